The topological polar surface area (TPSA) is 96.3 Å². The van der Waals surface area contributed by atoms with Crippen LogP contribution >= 0.6 is 0 Å². The summed E-state index contributed by atoms with van der Waals surface area (Å²) in [6.07, 6.45) is -0.899. The second kappa shape index (κ2) is 6.01. The lowest BCUT2D eigenvalue weighted by Crippen LogP contribution is -2.45. The minimum atomic E-state index is -0.992. The minimum Gasteiger partial charge on any atom is -0.493 e. The molecule has 1 heterocycles. The average molecular weight is 295 g/mol. The zero-order valence-corrected chi connectivity index (χ0v) is 11.8. The first kappa shape index (κ1) is 15.1. The van der Waals surface area contributed by atoms with Gasteiger partial charge in [0.05, 0.1) is 25.8 Å². The van der Waals surface area contributed by atoms with E-state index in [9.17, 15) is 14.7 Å². The van der Waals surface area contributed by atoms with Gasteiger partial charge in [0.15, 0.2) is 17.6 Å². The number of rotatable bonds is 5. The Hall–Kier alpha value is -2.28. The number of nitrogens with zero attached hydrogens (tertiary/aromatic N) is 1. The monoisotopic (exact) mass is 295 g/mol. The molecule has 7 heteroatoms. The molecule has 1 amide bonds. The Kier molecular flexibility index (Phi) is 4.32. The third-order valence-corrected chi connectivity index (χ3v) is 3.25. The number of aliphatic carboxylic acids is 1. The van der Waals surface area contributed by atoms with Gasteiger partial charge in [0.2, 0.25) is 0 Å². The Balaban J connectivity index is 2.48. The molecule has 0 saturated carbocycles. The molecular formula is C14H17NO6. The van der Waals surface area contributed by atoms with Crippen LogP contribution in [0.2, 0.25) is 0 Å². The van der Waals surface area contributed by atoms with E-state index in [1.54, 1.807) is 19.1 Å². The molecule has 0 saturated heterocycles. The van der Waals surface area contributed by atoms with Crippen LogP contribution in [0.1, 0.15) is 18.9 Å². The fourth-order valence-corrected chi connectivity index (χ4v) is 2.21. The lowest BCUT2D eigenvalue weighted by molar-refractivity contribution is -0.136. The number of aliphatic hydroxyl groups is 1. The second-order valence-corrected chi connectivity index (χ2v) is 4.70. The molecule has 2 N–H and O–H groups in total. The van der Waals surface area contributed by atoms with Gasteiger partial charge in [0.25, 0.3) is 5.91 Å². The van der Waals surface area contributed by atoms with E-state index in [-0.39, 0.29) is 25.5 Å². The Morgan fingerprint density at radius 1 is 1.48 bits per heavy atom. The van der Waals surface area contributed by atoms with Crippen molar-refractivity contribution in [2.24, 2.45) is 0 Å². The molecule has 2 rings (SSSR count). The molecule has 1 aliphatic rings. The van der Waals surface area contributed by atoms with Gasteiger partial charge in [-0.1, -0.05) is 0 Å². The Morgan fingerprint density at radius 2 is 2.19 bits per heavy atom. The highest BCUT2D eigenvalue weighted by Crippen LogP contribution is 2.42. The predicted molar refractivity (Wildman–Crippen MR) is 73.6 cm³/mol. The number of benzene rings is 1. The Bertz CT molecular complexity index is 571. The van der Waals surface area contributed by atoms with Gasteiger partial charge in [-0.05, 0) is 24.6 Å². The van der Waals surface area contributed by atoms with Gasteiger partial charge < -0.3 is 24.6 Å². The van der Waals surface area contributed by atoms with Crippen LogP contribution in [0.15, 0.2) is 12.1 Å². The van der Waals surface area contributed by atoms with Crippen molar-refractivity contribution in [2.75, 3.05) is 18.6 Å². The largest absolute Gasteiger partial charge is 0.493 e. The van der Waals surface area contributed by atoms with Crippen LogP contribution in [0.25, 0.3) is 0 Å². The van der Waals surface area contributed by atoms with Crippen molar-refractivity contribution >= 4 is 17.6 Å². The van der Waals surface area contributed by atoms with Crippen LogP contribution in [0.3, 0.4) is 0 Å². The summed E-state index contributed by atoms with van der Waals surface area (Å²) in [7, 11) is 1.46. The van der Waals surface area contributed by atoms with Crippen molar-refractivity contribution in [2.45, 2.75) is 26.1 Å². The van der Waals surface area contributed by atoms with Crippen LogP contribution in [0, 0.1) is 0 Å². The van der Waals surface area contributed by atoms with Crippen LogP contribution < -0.4 is 14.4 Å². The summed E-state index contributed by atoms with van der Waals surface area (Å²) in [4.78, 5) is 24.3. The number of anilines is 1. The normalized spacial score (nSPS) is 17.2. The highest BCUT2D eigenvalue weighted by molar-refractivity contribution is 6.00. The molecule has 1 aromatic carbocycles. The summed E-state index contributed by atoms with van der Waals surface area (Å²) in [5.74, 6) is -0.530. The SMILES string of the molecule is COc1cc(CO)cc2c1OC(C)C(=O)N2CCC(=O)O. The van der Waals surface area contributed by atoms with E-state index >= 15 is 0 Å². The molecule has 0 aromatic heterocycles. The third kappa shape index (κ3) is 2.92. The molecule has 0 aliphatic carbocycles. The number of methoxy groups -OCH3 is 1. The lowest BCUT2D eigenvalue weighted by Gasteiger charge is -2.33. The first-order valence-corrected chi connectivity index (χ1v) is 6.49. The summed E-state index contributed by atoms with van der Waals surface area (Å²) >= 11 is 0. The maximum absolute atomic E-state index is 12.2. The fourth-order valence-electron chi connectivity index (χ4n) is 2.21. The van der Waals surface area contributed by atoms with E-state index in [2.05, 4.69) is 0 Å². The summed E-state index contributed by atoms with van der Waals surface area (Å²) < 4.78 is 10.8. The van der Waals surface area contributed by atoms with E-state index in [4.69, 9.17) is 14.6 Å². The summed E-state index contributed by atoms with van der Waals surface area (Å²) in [6.45, 7) is 1.41. The zero-order chi connectivity index (χ0) is 15.6. The predicted octanol–water partition coefficient (Wildman–Crippen LogP) is 0.776. The van der Waals surface area contributed by atoms with Crippen LogP contribution in [-0.4, -0.2) is 41.8 Å². The molecule has 1 aromatic rings. The molecule has 7 nitrogen and oxygen atoms in total. The van der Waals surface area contributed by atoms with E-state index in [1.165, 1.54) is 12.0 Å². The minimum absolute atomic E-state index is 0.0346. The van der Waals surface area contributed by atoms with Crippen LogP contribution in [-0.2, 0) is 16.2 Å². The number of carbonyl (C=O) groups excluding carboxylic acids is 1. The number of carboxylic acids is 1. The first-order chi connectivity index (χ1) is 9.97. The Labute approximate surface area is 121 Å². The van der Waals surface area contributed by atoms with E-state index in [0.29, 0.717) is 22.7 Å². The maximum Gasteiger partial charge on any atom is 0.305 e. The van der Waals surface area contributed by atoms with Gasteiger partial charge >= 0.3 is 5.97 Å². The molecule has 1 unspecified atom stereocenters. The first-order valence-electron chi connectivity index (χ1n) is 6.49. The van der Waals surface area contributed by atoms with Gasteiger partial charge in [-0.2, -0.15) is 0 Å². The van der Waals surface area contributed by atoms with Crippen molar-refractivity contribution in [1.82, 2.24) is 0 Å². The van der Waals surface area contributed by atoms with Crippen molar-refractivity contribution in [3.63, 3.8) is 0 Å². The molecule has 1 aliphatic heterocycles. The van der Waals surface area contributed by atoms with E-state index in [1.807, 2.05) is 0 Å². The molecule has 21 heavy (non-hydrogen) atoms. The number of hydrogen-bond donors (Lipinski definition) is 2. The highest BCUT2D eigenvalue weighted by atomic mass is 16.5. The number of hydrogen-bond acceptors (Lipinski definition) is 5. The van der Waals surface area contributed by atoms with Crippen LogP contribution in [0.5, 0.6) is 11.5 Å². The number of amides is 1. The van der Waals surface area contributed by atoms with Crippen LogP contribution in [0.4, 0.5) is 5.69 Å². The smallest absolute Gasteiger partial charge is 0.305 e. The second-order valence-electron chi connectivity index (χ2n) is 4.70. The van der Waals surface area contributed by atoms with Crippen molar-refractivity contribution in [3.8, 4) is 11.5 Å². The van der Waals surface area contributed by atoms with Gasteiger partial charge in [-0.3, -0.25) is 9.59 Å². The summed E-state index contributed by atoms with van der Waals surface area (Å²) in [5, 5.41) is 18.1. The highest BCUT2D eigenvalue weighted by Gasteiger charge is 2.34. The van der Waals surface area contributed by atoms with Crippen molar-refractivity contribution < 1.29 is 29.3 Å². The number of aliphatic hydroxyl groups excluding tert-OH is 1. The van der Waals surface area contributed by atoms with Gasteiger partial charge in [0, 0.05) is 6.54 Å². The number of ether oxygens (including phenoxy) is 2. The molecule has 114 valence electrons. The van der Waals surface area contributed by atoms with Gasteiger partial charge in [-0.15, -0.1) is 0 Å². The quantitative estimate of drug-likeness (QED) is 0.833. The molecule has 0 spiro atoms. The average Bonchev–Trinajstić information content (AvgIpc) is 2.46. The zero-order valence-electron chi connectivity index (χ0n) is 11.8. The maximum atomic E-state index is 12.2. The summed E-state index contributed by atoms with van der Waals surface area (Å²) in [5.41, 5.74) is 0.972. The molecular weight excluding hydrogens is 278 g/mol. The molecule has 1 atom stereocenters. The van der Waals surface area contributed by atoms with Gasteiger partial charge in [-0.25, -0.2) is 0 Å². The molecule has 0 bridgehead atoms. The van der Waals surface area contributed by atoms with Crippen molar-refractivity contribution in [3.05, 3.63) is 17.7 Å². The number of carboxylic acid groups (broad SMARTS) is 1. The van der Waals surface area contributed by atoms with E-state index < -0.39 is 12.1 Å². The van der Waals surface area contributed by atoms with E-state index in [0.717, 1.165) is 0 Å². The van der Waals surface area contributed by atoms with Crippen molar-refractivity contribution in [1.29, 1.82) is 0 Å². The Morgan fingerprint density at radius 3 is 2.76 bits per heavy atom. The standard InChI is InChI=1S/C14H17NO6/c1-8-14(19)15(4-3-12(17)18)10-5-9(7-16)6-11(20-2)13(10)21-8/h5-6,8,16H,3-4,7H2,1-2H3,(H,17,18). The third-order valence-electron chi connectivity index (χ3n) is 3.25. The molecule has 0 fully saturated rings. The lowest BCUT2D eigenvalue weighted by atomic mass is 10.1. The summed E-state index contributed by atoms with van der Waals surface area (Å²) in [6, 6.07) is 3.22. The van der Waals surface area contributed by atoms with Gasteiger partial charge in [0.1, 0.15) is 0 Å². The number of fused-ring (bicyclic) bond motifs is 1. The fraction of sp³-hybridized carbons (Fsp3) is 0.429. The molecule has 0 radical (unpaired) electrons. The number of carbonyl (C=O) groups is 2.